The number of nitrogens with zero attached hydrogens (tertiary/aromatic N) is 3. The Morgan fingerprint density at radius 2 is 1.97 bits per heavy atom. The lowest BCUT2D eigenvalue weighted by atomic mass is 10.1. The van der Waals surface area contributed by atoms with Gasteiger partial charge in [0.15, 0.2) is 0 Å². The lowest BCUT2D eigenvalue weighted by Gasteiger charge is -2.13. The molecule has 1 N–H and O–H groups in total. The van der Waals surface area contributed by atoms with Gasteiger partial charge in [-0.2, -0.15) is 0 Å². The summed E-state index contributed by atoms with van der Waals surface area (Å²) in [5.74, 6) is -2.27. The molecule has 2 heterocycles. The van der Waals surface area contributed by atoms with Crippen LogP contribution in [-0.4, -0.2) is 33.1 Å². The first kappa shape index (κ1) is 21.4. The van der Waals surface area contributed by atoms with Crippen molar-refractivity contribution in [3.63, 3.8) is 0 Å². The summed E-state index contributed by atoms with van der Waals surface area (Å²) < 4.78 is 20.9. The molecule has 0 unspecified atom stereocenters. The summed E-state index contributed by atoms with van der Waals surface area (Å²) in [7, 11) is 2.52. The number of fused-ring (bicyclic) bond motifs is 1. The molecule has 0 spiro atoms. The van der Waals surface area contributed by atoms with Gasteiger partial charge in [-0.25, -0.2) is 19.0 Å². The van der Waals surface area contributed by atoms with Crippen LogP contribution in [-0.2, 0) is 23.1 Å². The Morgan fingerprint density at radius 1 is 1.27 bits per heavy atom. The van der Waals surface area contributed by atoms with Crippen LogP contribution in [0.25, 0.3) is 11.0 Å². The van der Waals surface area contributed by atoms with E-state index in [1.807, 2.05) is 0 Å². The van der Waals surface area contributed by atoms with Crippen LogP contribution in [0.3, 0.4) is 0 Å². The number of benzene rings is 1. The number of esters is 1. The second-order valence-corrected chi connectivity index (χ2v) is 7.32. The Balaban J connectivity index is 2.11. The van der Waals surface area contributed by atoms with Crippen molar-refractivity contribution in [2.75, 3.05) is 12.4 Å². The zero-order chi connectivity index (χ0) is 22.2. The predicted molar refractivity (Wildman–Crippen MR) is 110 cm³/mol. The fourth-order valence-corrected chi connectivity index (χ4v) is 3.27. The van der Waals surface area contributed by atoms with Gasteiger partial charge in [0.25, 0.3) is 5.56 Å². The van der Waals surface area contributed by atoms with Crippen LogP contribution in [0, 0.1) is 12.7 Å². The molecule has 9 nitrogen and oxygen atoms in total. The van der Waals surface area contributed by atoms with E-state index in [9.17, 15) is 23.6 Å². The monoisotopic (exact) mass is 478 g/mol. The number of nitrogens with one attached hydrogen (secondary N) is 1. The summed E-state index contributed by atoms with van der Waals surface area (Å²) in [6.45, 7) is 0.910. The lowest BCUT2D eigenvalue weighted by molar-refractivity contribution is -0.116. The van der Waals surface area contributed by atoms with Crippen molar-refractivity contribution >= 4 is 44.5 Å². The van der Waals surface area contributed by atoms with Crippen molar-refractivity contribution in [3.8, 4) is 0 Å². The van der Waals surface area contributed by atoms with E-state index >= 15 is 0 Å². The number of methoxy groups -OCH3 is 1. The van der Waals surface area contributed by atoms with Crippen molar-refractivity contribution in [2.24, 2.45) is 7.05 Å². The number of aryl methyl sites for hydroxylation is 2. The number of hydrogen-bond donors (Lipinski definition) is 1. The molecule has 0 aliphatic carbocycles. The number of rotatable bonds is 4. The summed E-state index contributed by atoms with van der Waals surface area (Å²) in [6, 6.07) is 5.38. The summed E-state index contributed by atoms with van der Waals surface area (Å²) in [5.41, 5.74) is -1.49. The largest absolute Gasteiger partial charge is 0.465 e. The molecule has 2 aromatic heterocycles. The SMILES string of the molecule is COC(=O)c1cc(C)nc2c1c(=O)n(CC(=O)Nc1ccc(Br)cc1F)c(=O)n2C. The molecular formula is C19H16BrFN4O5. The molecule has 0 saturated carbocycles. The highest BCUT2D eigenvalue weighted by molar-refractivity contribution is 9.10. The molecule has 3 aromatic rings. The van der Waals surface area contributed by atoms with Gasteiger partial charge in [0, 0.05) is 17.2 Å². The Hall–Kier alpha value is -3.34. The topological polar surface area (TPSA) is 112 Å². The summed E-state index contributed by atoms with van der Waals surface area (Å²) in [6.07, 6.45) is 0. The Kier molecular flexibility index (Phi) is 5.83. The van der Waals surface area contributed by atoms with E-state index in [2.05, 4.69) is 26.2 Å². The third-order valence-corrected chi connectivity index (χ3v) is 4.83. The first-order chi connectivity index (χ1) is 14.1. The van der Waals surface area contributed by atoms with Gasteiger partial charge in [0.05, 0.1) is 23.7 Å². The van der Waals surface area contributed by atoms with E-state index in [0.717, 1.165) is 17.7 Å². The van der Waals surface area contributed by atoms with Crippen LogP contribution in [0.4, 0.5) is 10.1 Å². The van der Waals surface area contributed by atoms with Gasteiger partial charge >= 0.3 is 11.7 Å². The molecule has 0 radical (unpaired) electrons. The molecule has 0 aliphatic heterocycles. The van der Waals surface area contributed by atoms with E-state index < -0.39 is 35.5 Å². The molecule has 30 heavy (non-hydrogen) atoms. The minimum Gasteiger partial charge on any atom is -0.465 e. The number of anilines is 1. The molecule has 3 rings (SSSR count). The second kappa shape index (κ2) is 8.19. The van der Waals surface area contributed by atoms with Gasteiger partial charge in [0.2, 0.25) is 5.91 Å². The number of halogens is 2. The molecule has 0 bridgehead atoms. The Labute approximate surface area is 177 Å². The van der Waals surface area contributed by atoms with Gasteiger partial charge in [-0.3, -0.25) is 18.7 Å². The molecule has 11 heteroatoms. The lowest BCUT2D eigenvalue weighted by Crippen LogP contribution is -2.42. The van der Waals surface area contributed by atoms with E-state index in [0.29, 0.717) is 14.7 Å². The fourth-order valence-electron chi connectivity index (χ4n) is 2.94. The molecule has 0 atom stereocenters. The maximum Gasteiger partial charge on any atom is 0.338 e. The van der Waals surface area contributed by atoms with Crippen molar-refractivity contribution < 1.29 is 18.7 Å². The average molecular weight is 479 g/mol. The van der Waals surface area contributed by atoms with Gasteiger partial charge < -0.3 is 10.1 Å². The first-order valence-corrected chi connectivity index (χ1v) is 9.37. The quantitative estimate of drug-likeness (QED) is 0.571. The van der Waals surface area contributed by atoms with Crippen LogP contribution in [0.15, 0.2) is 38.3 Å². The van der Waals surface area contributed by atoms with Gasteiger partial charge in [0.1, 0.15) is 18.0 Å². The minimum atomic E-state index is -0.882. The van der Waals surface area contributed by atoms with Crippen LogP contribution in [0.1, 0.15) is 16.1 Å². The van der Waals surface area contributed by atoms with E-state index in [4.69, 9.17) is 4.74 Å². The highest BCUT2D eigenvalue weighted by Crippen LogP contribution is 2.19. The van der Waals surface area contributed by atoms with E-state index in [-0.39, 0.29) is 22.3 Å². The molecule has 1 aromatic carbocycles. The number of aromatic nitrogens is 3. The van der Waals surface area contributed by atoms with Crippen molar-refractivity contribution in [1.29, 1.82) is 0 Å². The number of hydrogen-bond acceptors (Lipinski definition) is 6. The fraction of sp³-hybridized carbons (Fsp3) is 0.211. The van der Waals surface area contributed by atoms with Crippen molar-refractivity contribution in [1.82, 2.24) is 14.1 Å². The molecule has 1 amide bonds. The molecule has 0 saturated heterocycles. The molecular weight excluding hydrogens is 463 g/mol. The number of carbonyl (C=O) groups excluding carboxylic acids is 2. The maximum atomic E-state index is 14.0. The van der Waals surface area contributed by atoms with Crippen LogP contribution in [0.2, 0.25) is 0 Å². The minimum absolute atomic E-state index is 0.0130. The van der Waals surface area contributed by atoms with Crippen LogP contribution in [0.5, 0.6) is 0 Å². The third kappa shape index (κ3) is 3.88. The van der Waals surface area contributed by atoms with Crippen LogP contribution >= 0.6 is 15.9 Å². The smallest absolute Gasteiger partial charge is 0.338 e. The van der Waals surface area contributed by atoms with E-state index in [1.54, 1.807) is 6.92 Å². The second-order valence-electron chi connectivity index (χ2n) is 6.41. The Morgan fingerprint density at radius 3 is 2.60 bits per heavy atom. The number of pyridine rings is 1. The first-order valence-electron chi connectivity index (χ1n) is 8.58. The third-order valence-electron chi connectivity index (χ3n) is 4.34. The standard InChI is InChI=1S/C19H16BrFN4O5/c1-9-6-11(18(28)30-3)15-16(22-9)24(2)19(29)25(17(15)27)8-14(26)23-13-5-4-10(20)7-12(13)21/h4-7H,8H2,1-3H3,(H,23,26). The molecule has 0 fully saturated rings. The van der Waals surface area contributed by atoms with Crippen molar-refractivity contribution in [2.45, 2.75) is 13.5 Å². The maximum absolute atomic E-state index is 14.0. The number of amides is 1. The summed E-state index contributed by atoms with van der Waals surface area (Å²) in [5, 5.41) is 2.16. The van der Waals surface area contributed by atoms with Gasteiger partial charge in [-0.05, 0) is 31.2 Å². The number of carbonyl (C=O) groups is 2. The van der Waals surface area contributed by atoms with Crippen LogP contribution < -0.4 is 16.6 Å². The van der Waals surface area contributed by atoms with Gasteiger partial charge in [-0.1, -0.05) is 15.9 Å². The zero-order valence-electron chi connectivity index (χ0n) is 16.2. The molecule has 156 valence electrons. The molecule has 0 aliphatic rings. The average Bonchev–Trinajstić information content (AvgIpc) is 2.70. The van der Waals surface area contributed by atoms with Crippen molar-refractivity contribution in [3.05, 3.63) is 66.7 Å². The summed E-state index contributed by atoms with van der Waals surface area (Å²) >= 11 is 3.11. The highest BCUT2D eigenvalue weighted by atomic mass is 79.9. The predicted octanol–water partition coefficient (Wildman–Crippen LogP) is 1.73. The summed E-state index contributed by atoms with van der Waals surface area (Å²) in [4.78, 5) is 54.4. The van der Waals surface area contributed by atoms with Gasteiger partial charge in [-0.15, -0.1) is 0 Å². The van der Waals surface area contributed by atoms with E-state index in [1.165, 1.54) is 25.2 Å². The normalized spacial score (nSPS) is 10.8. The Bertz CT molecular complexity index is 1310. The number of ether oxygens (including phenoxy) is 1. The highest BCUT2D eigenvalue weighted by Gasteiger charge is 2.22. The zero-order valence-corrected chi connectivity index (χ0v) is 17.7.